The molecule has 0 atom stereocenters. The van der Waals surface area contributed by atoms with E-state index in [0.29, 0.717) is 11.4 Å². The van der Waals surface area contributed by atoms with Crippen LogP contribution >= 0.6 is 0 Å². The Kier molecular flexibility index (Phi) is 6.41. The van der Waals surface area contributed by atoms with E-state index in [2.05, 4.69) is 60.9 Å². The number of hydrogen-bond acceptors (Lipinski definition) is 7. The summed E-state index contributed by atoms with van der Waals surface area (Å²) in [6.07, 6.45) is 6.19. The molecule has 0 bridgehead atoms. The van der Waals surface area contributed by atoms with E-state index in [0.717, 1.165) is 53.9 Å². The number of piperidine rings is 1. The maximum Gasteiger partial charge on any atom is 0.274 e. The molecule has 0 aliphatic carbocycles. The van der Waals surface area contributed by atoms with Crippen LogP contribution in [0.1, 0.15) is 23.3 Å². The average molecular weight is 506 g/mol. The van der Waals surface area contributed by atoms with Gasteiger partial charge in [-0.1, -0.05) is 0 Å². The minimum absolute atomic E-state index is 0.172. The maximum atomic E-state index is 12.3. The van der Waals surface area contributed by atoms with E-state index < -0.39 is 0 Å². The monoisotopic (exact) mass is 505 g/mol. The van der Waals surface area contributed by atoms with Gasteiger partial charge in [0.25, 0.3) is 5.91 Å². The molecule has 1 aliphatic heterocycles. The van der Waals surface area contributed by atoms with Crippen molar-refractivity contribution < 1.29 is 9.90 Å². The summed E-state index contributed by atoms with van der Waals surface area (Å²) in [6, 6.07) is 23.7. The number of hydrogen-bond donors (Lipinski definition) is 3. The van der Waals surface area contributed by atoms with E-state index in [9.17, 15) is 9.90 Å². The molecule has 6 rings (SSSR count). The van der Waals surface area contributed by atoms with Gasteiger partial charge in [-0.3, -0.25) is 4.79 Å². The molecule has 9 heteroatoms. The summed E-state index contributed by atoms with van der Waals surface area (Å²) in [5, 5.41) is 21.7. The van der Waals surface area contributed by atoms with Crippen LogP contribution in [-0.2, 0) is 0 Å². The number of rotatable bonds is 6. The minimum atomic E-state index is -0.286. The number of fused-ring (bicyclic) bond motifs is 1. The van der Waals surface area contributed by atoms with Crippen molar-refractivity contribution in [3.63, 3.8) is 0 Å². The van der Waals surface area contributed by atoms with Gasteiger partial charge in [-0.25, -0.2) is 14.6 Å². The van der Waals surface area contributed by atoms with Gasteiger partial charge in [0.15, 0.2) is 0 Å². The molecule has 0 unspecified atom stereocenters. The van der Waals surface area contributed by atoms with Crippen LogP contribution < -0.4 is 15.5 Å². The molecule has 1 saturated heterocycles. The molecule has 3 N–H and O–H groups in total. The zero-order valence-corrected chi connectivity index (χ0v) is 20.7. The Morgan fingerprint density at radius 1 is 0.868 bits per heavy atom. The highest BCUT2D eigenvalue weighted by atomic mass is 16.3. The second-order valence-electron chi connectivity index (χ2n) is 9.32. The number of aliphatic hydroxyl groups excluding tert-OH is 1. The Balaban J connectivity index is 1.13. The number of aromatic nitrogens is 4. The van der Waals surface area contributed by atoms with Crippen molar-refractivity contribution in [2.75, 3.05) is 28.6 Å². The fourth-order valence-corrected chi connectivity index (χ4v) is 4.67. The molecule has 3 aromatic carbocycles. The standard InChI is InChI=1S/C29H27N7O2/c37-26-12-15-35(16-13-26)24-6-1-21(2-7-24)33-23-5-10-28-20(17-23)18-32-36(28)25-8-3-22(4-9-25)34-29(38)27-11-14-30-19-31-27/h1-11,14,17-19,26,33,37H,12-13,15-16H2,(H,34,38). The van der Waals surface area contributed by atoms with Gasteiger partial charge < -0.3 is 20.6 Å². The molecule has 2 aromatic heterocycles. The molecule has 5 aromatic rings. The van der Waals surface area contributed by atoms with Gasteiger partial charge in [-0.05, 0) is 85.6 Å². The van der Waals surface area contributed by atoms with E-state index in [-0.39, 0.29) is 12.0 Å². The quantitative estimate of drug-likeness (QED) is 0.305. The Morgan fingerprint density at radius 2 is 1.58 bits per heavy atom. The third kappa shape index (κ3) is 5.05. The Bertz CT molecular complexity index is 1540. The third-order valence-electron chi connectivity index (χ3n) is 6.74. The van der Waals surface area contributed by atoms with Crippen molar-refractivity contribution in [3.8, 4) is 5.69 Å². The Labute approximate surface area is 219 Å². The maximum absolute atomic E-state index is 12.3. The van der Waals surface area contributed by atoms with Crippen LogP contribution in [0.25, 0.3) is 16.6 Å². The number of carbonyl (C=O) groups excluding carboxylic acids is 1. The molecule has 0 saturated carbocycles. The van der Waals surface area contributed by atoms with Gasteiger partial charge >= 0.3 is 0 Å². The van der Waals surface area contributed by atoms with Crippen LogP contribution in [0.15, 0.2) is 91.5 Å². The van der Waals surface area contributed by atoms with Crippen LogP contribution in [0, 0.1) is 0 Å². The zero-order valence-electron chi connectivity index (χ0n) is 20.7. The highest BCUT2D eigenvalue weighted by Gasteiger charge is 2.17. The number of aliphatic hydroxyl groups is 1. The number of nitrogens with zero attached hydrogens (tertiary/aromatic N) is 5. The van der Waals surface area contributed by atoms with Crippen LogP contribution in [0.5, 0.6) is 0 Å². The topological polar surface area (TPSA) is 108 Å². The summed E-state index contributed by atoms with van der Waals surface area (Å²) in [5.74, 6) is -0.286. The average Bonchev–Trinajstić information content (AvgIpc) is 3.38. The molecule has 3 heterocycles. The number of nitrogens with one attached hydrogen (secondary N) is 2. The van der Waals surface area contributed by atoms with Gasteiger partial charge in [0, 0.05) is 47.4 Å². The van der Waals surface area contributed by atoms with E-state index >= 15 is 0 Å². The molecule has 0 spiro atoms. The highest BCUT2D eigenvalue weighted by Crippen LogP contribution is 2.27. The first-order valence-electron chi connectivity index (χ1n) is 12.6. The van der Waals surface area contributed by atoms with Crippen molar-refractivity contribution in [1.82, 2.24) is 19.7 Å². The minimum Gasteiger partial charge on any atom is -0.393 e. The molecule has 1 fully saturated rings. The summed E-state index contributed by atoms with van der Waals surface area (Å²) in [7, 11) is 0. The number of amides is 1. The first-order valence-corrected chi connectivity index (χ1v) is 12.6. The lowest BCUT2D eigenvalue weighted by molar-refractivity contribution is 0.102. The van der Waals surface area contributed by atoms with Crippen molar-refractivity contribution >= 4 is 39.6 Å². The van der Waals surface area contributed by atoms with Crippen LogP contribution in [0.3, 0.4) is 0 Å². The number of anilines is 4. The van der Waals surface area contributed by atoms with E-state index in [1.165, 1.54) is 18.2 Å². The fourth-order valence-electron chi connectivity index (χ4n) is 4.67. The molecule has 1 amide bonds. The van der Waals surface area contributed by atoms with Crippen molar-refractivity contribution in [3.05, 3.63) is 97.2 Å². The predicted molar refractivity (Wildman–Crippen MR) is 148 cm³/mol. The lowest BCUT2D eigenvalue weighted by Crippen LogP contribution is -2.35. The molecule has 9 nitrogen and oxygen atoms in total. The van der Waals surface area contributed by atoms with Gasteiger partial charge in [0.2, 0.25) is 0 Å². The van der Waals surface area contributed by atoms with Crippen LogP contribution in [0.2, 0.25) is 0 Å². The lowest BCUT2D eigenvalue weighted by atomic mass is 10.1. The molecular formula is C29H27N7O2. The Morgan fingerprint density at radius 3 is 2.32 bits per heavy atom. The summed E-state index contributed by atoms with van der Waals surface area (Å²) in [5.41, 5.74) is 6.02. The number of carbonyl (C=O) groups is 1. The van der Waals surface area contributed by atoms with E-state index in [1.807, 2.05) is 47.3 Å². The fraction of sp³-hybridized carbons (Fsp3) is 0.172. The lowest BCUT2D eigenvalue weighted by Gasteiger charge is -2.31. The Hall–Kier alpha value is -4.76. The van der Waals surface area contributed by atoms with E-state index in [1.54, 1.807) is 6.07 Å². The van der Waals surface area contributed by atoms with Gasteiger partial charge in [-0.15, -0.1) is 0 Å². The first kappa shape index (κ1) is 23.6. The third-order valence-corrected chi connectivity index (χ3v) is 6.74. The normalized spacial score (nSPS) is 14.0. The number of benzene rings is 3. The summed E-state index contributed by atoms with van der Waals surface area (Å²) >= 11 is 0. The SMILES string of the molecule is O=C(Nc1ccc(-n2ncc3cc(Nc4ccc(N5CCC(O)CC5)cc4)ccc32)cc1)c1ccncn1. The zero-order chi connectivity index (χ0) is 25.9. The first-order chi connectivity index (χ1) is 18.6. The smallest absolute Gasteiger partial charge is 0.274 e. The largest absolute Gasteiger partial charge is 0.393 e. The highest BCUT2D eigenvalue weighted by molar-refractivity contribution is 6.02. The molecular weight excluding hydrogens is 478 g/mol. The van der Waals surface area contributed by atoms with Gasteiger partial charge in [0.1, 0.15) is 12.0 Å². The van der Waals surface area contributed by atoms with Crippen molar-refractivity contribution in [1.29, 1.82) is 0 Å². The second-order valence-corrected chi connectivity index (χ2v) is 9.32. The molecule has 190 valence electrons. The van der Waals surface area contributed by atoms with E-state index in [4.69, 9.17) is 0 Å². The molecule has 38 heavy (non-hydrogen) atoms. The van der Waals surface area contributed by atoms with Crippen LogP contribution in [-0.4, -0.2) is 50.0 Å². The molecule has 0 radical (unpaired) electrons. The summed E-state index contributed by atoms with van der Waals surface area (Å²) < 4.78 is 1.87. The van der Waals surface area contributed by atoms with Gasteiger partial charge in [0.05, 0.1) is 23.5 Å². The predicted octanol–water partition coefficient (Wildman–Crippen LogP) is 4.77. The molecule has 1 aliphatic rings. The summed E-state index contributed by atoms with van der Waals surface area (Å²) in [6.45, 7) is 1.77. The van der Waals surface area contributed by atoms with Crippen LogP contribution in [0.4, 0.5) is 22.7 Å². The second kappa shape index (κ2) is 10.3. The van der Waals surface area contributed by atoms with Gasteiger partial charge in [-0.2, -0.15) is 5.10 Å². The summed E-state index contributed by atoms with van der Waals surface area (Å²) in [4.78, 5) is 22.5. The van der Waals surface area contributed by atoms with Crippen molar-refractivity contribution in [2.45, 2.75) is 18.9 Å². The van der Waals surface area contributed by atoms with Crippen molar-refractivity contribution in [2.24, 2.45) is 0 Å².